The summed E-state index contributed by atoms with van der Waals surface area (Å²) in [5, 5.41) is 9.19. The summed E-state index contributed by atoms with van der Waals surface area (Å²) in [5.74, 6) is -0.990. The number of anilines is 1. The SMILES string of the molecule is CC(CN(C(=O)C1CC(=O)N(c2ccc3c(c2)OCCO3)C1)C1CC1)C(=O)O. The fraction of sp³-hybridized carbons (Fsp3) is 0.550. The lowest BCUT2D eigenvalue weighted by molar-refractivity contribution is -0.144. The van der Waals surface area contributed by atoms with E-state index >= 15 is 0 Å². The summed E-state index contributed by atoms with van der Waals surface area (Å²) in [6.07, 6.45) is 1.92. The van der Waals surface area contributed by atoms with Crippen LogP contribution in [0.4, 0.5) is 5.69 Å². The van der Waals surface area contributed by atoms with Crippen LogP contribution in [0.5, 0.6) is 11.5 Å². The lowest BCUT2D eigenvalue weighted by atomic mass is 10.1. The van der Waals surface area contributed by atoms with Crippen LogP contribution in [-0.2, 0) is 14.4 Å². The predicted molar refractivity (Wildman–Crippen MR) is 99.4 cm³/mol. The molecule has 2 unspecified atom stereocenters. The molecule has 2 atom stereocenters. The maximum Gasteiger partial charge on any atom is 0.308 e. The van der Waals surface area contributed by atoms with Gasteiger partial charge >= 0.3 is 5.97 Å². The van der Waals surface area contributed by atoms with Gasteiger partial charge in [-0.25, -0.2) is 0 Å². The number of hydrogen-bond acceptors (Lipinski definition) is 5. The third-order valence-electron chi connectivity index (χ3n) is 5.47. The molecule has 1 saturated heterocycles. The van der Waals surface area contributed by atoms with Gasteiger partial charge in [-0.05, 0) is 25.0 Å². The summed E-state index contributed by atoms with van der Waals surface area (Å²) in [6, 6.07) is 5.44. The molecule has 1 aromatic carbocycles. The first-order valence-corrected chi connectivity index (χ1v) is 9.67. The molecular weight excluding hydrogens is 364 g/mol. The zero-order valence-corrected chi connectivity index (χ0v) is 15.8. The van der Waals surface area contributed by atoms with Crippen molar-refractivity contribution in [2.45, 2.75) is 32.2 Å². The van der Waals surface area contributed by atoms with Gasteiger partial charge < -0.3 is 24.4 Å². The number of fused-ring (bicyclic) bond motifs is 1. The Morgan fingerprint density at radius 2 is 1.96 bits per heavy atom. The minimum Gasteiger partial charge on any atom is -0.486 e. The minimum absolute atomic E-state index is 0.104. The maximum absolute atomic E-state index is 13.0. The number of carboxylic acids is 1. The molecule has 1 N–H and O–H groups in total. The molecule has 1 saturated carbocycles. The number of aliphatic carboxylic acids is 1. The molecule has 0 radical (unpaired) electrons. The molecule has 28 heavy (non-hydrogen) atoms. The van der Waals surface area contributed by atoms with Gasteiger partial charge in [0.15, 0.2) is 11.5 Å². The second kappa shape index (κ2) is 7.33. The van der Waals surface area contributed by atoms with Gasteiger partial charge in [-0.15, -0.1) is 0 Å². The molecule has 150 valence electrons. The molecule has 4 rings (SSSR count). The Morgan fingerprint density at radius 3 is 2.64 bits per heavy atom. The van der Waals surface area contributed by atoms with Crippen molar-refractivity contribution in [3.63, 3.8) is 0 Å². The Morgan fingerprint density at radius 1 is 1.25 bits per heavy atom. The van der Waals surface area contributed by atoms with Gasteiger partial charge in [-0.1, -0.05) is 6.92 Å². The number of carbonyl (C=O) groups excluding carboxylic acids is 2. The van der Waals surface area contributed by atoms with E-state index < -0.39 is 17.8 Å². The molecule has 2 fully saturated rings. The van der Waals surface area contributed by atoms with Crippen LogP contribution < -0.4 is 14.4 Å². The van der Waals surface area contributed by atoms with Gasteiger partial charge in [0, 0.05) is 37.3 Å². The average molecular weight is 388 g/mol. The molecular formula is C20H24N2O6. The Hall–Kier alpha value is -2.77. The van der Waals surface area contributed by atoms with Crippen LogP contribution in [0, 0.1) is 11.8 Å². The predicted octanol–water partition coefficient (Wildman–Crippen LogP) is 1.52. The number of amides is 2. The van der Waals surface area contributed by atoms with Crippen LogP contribution in [0.25, 0.3) is 0 Å². The van der Waals surface area contributed by atoms with Crippen molar-refractivity contribution in [1.29, 1.82) is 0 Å². The highest BCUT2D eigenvalue weighted by molar-refractivity contribution is 6.00. The molecule has 1 aromatic rings. The van der Waals surface area contributed by atoms with Crippen LogP contribution in [-0.4, -0.2) is 60.1 Å². The first kappa shape index (κ1) is 18.6. The van der Waals surface area contributed by atoms with Crippen molar-refractivity contribution in [2.75, 3.05) is 31.2 Å². The van der Waals surface area contributed by atoms with Gasteiger partial charge in [0.1, 0.15) is 13.2 Å². The number of carbonyl (C=O) groups is 3. The van der Waals surface area contributed by atoms with Gasteiger partial charge in [0.2, 0.25) is 11.8 Å². The van der Waals surface area contributed by atoms with Crippen molar-refractivity contribution < 1.29 is 29.0 Å². The lowest BCUT2D eigenvalue weighted by Crippen LogP contribution is -2.42. The van der Waals surface area contributed by atoms with Crippen LogP contribution in [0.3, 0.4) is 0 Å². The standard InChI is InChI=1S/C20H24N2O6/c1-12(20(25)26)10-22(14-2-3-14)19(24)13-8-18(23)21(11-13)15-4-5-16-17(9-15)28-7-6-27-16/h4-5,9,12-14H,2-3,6-8,10-11H2,1H3,(H,25,26). The van der Waals surface area contributed by atoms with E-state index in [0.29, 0.717) is 36.9 Å². The van der Waals surface area contributed by atoms with Gasteiger partial charge in [0.05, 0.1) is 11.8 Å². The molecule has 2 amide bonds. The summed E-state index contributed by atoms with van der Waals surface area (Å²) >= 11 is 0. The number of hydrogen-bond donors (Lipinski definition) is 1. The first-order chi connectivity index (χ1) is 13.4. The van der Waals surface area contributed by atoms with E-state index in [1.165, 1.54) is 0 Å². The number of ether oxygens (including phenoxy) is 2. The first-order valence-electron chi connectivity index (χ1n) is 9.67. The summed E-state index contributed by atoms with van der Waals surface area (Å²) in [6.45, 7) is 3.04. The average Bonchev–Trinajstić information content (AvgIpc) is 3.46. The van der Waals surface area contributed by atoms with E-state index in [-0.39, 0.29) is 30.8 Å². The fourth-order valence-electron chi connectivity index (χ4n) is 3.74. The Balaban J connectivity index is 1.47. The van der Waals surface area contributed by atoms with E-state index in [9.17, 15) is 19.5 Å². The Kier molecular flexibility index (Phi) is 4.87. The van der Waals surface area contributed by atoms with Crippen molar-refractivity contribution in [1.82, 2.24) is 4.90 Å². The number of carboxylic acid groups (broad SMARTS) is 1. The Labute approximate surface area is 163 Å². The van der Waals surface area contributed by atoms with E-state index in [2.05, 4.69) is 0 Å². The van der Waals surface area contributed by atoms with Gasteiger partial charge in [0.25, 0.3) is 0 Å². The van der Waals surface area contributed by atoms with E-state index in [4.69, 9.17) is 9.47 Å². The topological polar surface area (TPSA) is 96.4 Å². The highest BCUT2D eigenvalue weighted by Crippen LogP contribution is 2.37. The highest BCUT2D eigenvalue weighted by atomic mass is 16.6. The highest BCUT2D eigenvalue weighted by Gasteiger charge is 2.42. The van der Waals surface area contributed by atoms with Gasteiger partial charge in [-0.2, -0.15) is 0 Å². The summed E-state index contributed by atoms with van der Waals surface area (Å²) < 4.78 is 11.1. The second-order valence-electron chi connectivity index (χ2n) is 7.69. The van der Waals surface area contributed by atoms with E-state index in [1.54, 1.807) is 34.9 Å². The van der Waals surface area contributed by atoms with Crippen LogP contribution >= 0.6 is 0 Å². The van der Waals surface area contributed by atoms with Gasteiger partial charge in [-0.3, -0.25) is 14.4 Å². The van der Waals surface area contributed by atoms with Crippen molar-refractivity contribution in [2.24, 2.45) is 11.8 Å². The van der Waals surface area contributed by atoms with Crippen molar-refractivity contribution in [3.8, 4) is 11.5 Å². The molecule has 8 nitrogen and oxygen atoms in total. The monoisotopic (exact) mass is 388 g/mol. The minimum atomic E-state index is -0.918. The summed E-state index contributed by atoms with van der Waals surface area (Å²) in [5.41, 5.74) is 0.682. The van der Waals surface area contributed by atoms with Crippen molar-refractivity contribution >= 4 is 23.5 Å². The van der Waals surface area contributed by atoms with Crippen LogP contribution in [0.1, 0.15) is 26.2 Å². The third-order valence-corrected chi connectivity index (χ3v) is 5.47. The smallest absolute Gasteiger partial charge is 0.308 e. The van der Waals surface area contributed by atoms with E-state index in [1.807, 2.05) is 0 Å². The molecule has 0 spiro atoms. The van der Waals surface area contributed by atoms with Crippen LogP contribution in [0.15, 0.2) is 18.2 Å². The molecule has 0 bridgehead atoms. The van der Waals surface area contributed by atoms with Crippen molar-refractivity contribution in [3.05, 3.63) is 18.2 Å². The molecule has 2 aliphatic heterocycles. The summed E-state index contributed by atoms with van der Waals surface area (Å²) in [4.78, 5) is 40.1. The molecule has 0 aromatic heterocycles. The molecule has 8 heteroatoms. The largest absolute Gasteiger partial charge is 0.486 e. The van der Waals surface area contributed by atoms with E-state index in [0.717, 1.165) is 12.8 Å². The molecule has 1 aliphatic carbocycles. The summed E-state index contributed by atoms with van der Waals surface area (Å²) in [7, 11) is 0. The zero-order chi connectivity index (χ0) is 19.8. The molecule has 2 heterocycles. The number of rotatable bonds is 6. The second-order valence-corrected chi connectivity index (χ2v) is 7.69. The quantitative estimate of drug-likeness (QED) is 0.794. The third kappa shape index (κ3) is 3.63. The molecule has 3 aliphatic rings. The van der Waals surface area contributed by atoms with Crippen LogP contribution in [0.2, 0.25) is 0 Å². The fourth-order valence-corrected chi connectivity index (χ4v) is 3.74. The number of nitrogens with zero attached hydrogens (tertiary/aromatic N) is 2. The Bertz CT molecular complexity index is 806. The number of benzene rings is 1. The zero-order valence-electron chi connectivity index (χ0n) is 15.8. The lowest BCUT2D eigenvalue weighted by Gasteiger charge is -2.27. The normalized spacial score (nSPS) is 22.1. The maximum atomic E-state index is 13.0.